The molecule has 0 bridgehead atoms. The van der Waals surface area contributed by atoms with Crippen LogP contribution in [0.5, 0.6) is 0 Å². The van der Waals surface area contributed by atoms with Gasteiger partial charge in [-0.15, -0.1) is 0 Å². The lowest BCUT2D eigenvalue weighted by Crippen LogP contribution is -2.08. The predicted molar refractivity (Wildman–Crippen MR) is 315 cm³/mol. The summed E-state index contributed by atoms with van der Waals surface area (Å²) in [6.45, 7) is 16.8. The molecular formula is C71H53F3N4. The normalized spacial score (nSPS) is 11.8. The van der Waals surface area contributed by atoms with Crippen molar-refractivity contribution in [3.05, 3.63) is 237 Å². The third-order valence-corrected chi connectivity index (χ3v) is 15.7. The van der Waals surface area contributed by atoms with Gasteiger partial charge in [0.1, 0.15) is 11.6 Å². The number of halogens is 3. The van der Waals surface area contributed by atoms with E-state index >= 15 is 0 Å². The first-order valence-corrected chi connectivity index (χ1v) is 26.2. The molecule has 78 heavy (non-hydrogen) atoms. The van der Waals surface area contributed by atoms with Gasteiger partial charge in [-0.2, -0.15) is 23.7 Å². The van der Waals surface area contributed by atoms with Crippen LogP contribution in [0, 0.1) is 78.1 Å². The number of nitrogens with zero attached hydrogens (tertiary/aromatic N) is 4. The van der Waals surface area contributed by atoms with Gasteiger partial charge in [0, 0.05) is 27.1 Å². The van der Waals surface area contributed by atoms with E-state index in [0.29, 0.717) is 16.9 Å². The van der Waals surface area contributed by atoms with Gasteiger partial charge >= 0.3 is 6.18 Å². The zero-order valence-corrected chi connectivity index (χ0v) is 44.7. The van der Waals surface area contributed by atoms with Crippen molar-refractivity contribution >= 4 is 43.6 Å². The van der Waals surface area contributed by atoms with E-state index in [1.807, 2.05) is 18.2 Å². The van der Waals surface area contributed by atoms with Crippen LogP contribution < -0.4 is 0 Å². The van der Waals surface area contributed by atoms with E-state index in [0.717, 1.165) is 134 Å². The Labute approximate surface area is 452 Å². The van der Waals surface area contributed by atoms with Gasteiger partial charge in [0.05, 0.1) is 50.6 Å². The van der Waals surface area contributed by atoms with Crippen LogP contribution in [0.3, 0.4) is 0 Å². The van der Waals surface area contributed by atoms with Crippen LogP contribution in [-0.4, -0.2) is 9.13 Å². The molecule has 0 N–H and O–H groups in total. The van der Waals surface area contributed by atoms with E-state index < -0.39 is 11.7 Å². The highest BCUT2D eigenvalue weighted by atomic mass is 19.4. The third-order valence-electron chi connectivity index (χ3n) is 15.7. The highest BCUT2D eigenvalue weighted by molar-refractivity contribution is 6.14. The van der Waals surface area contributed by atoms with Crippen LogP contribution in [-0.2, 0) is 6.18 Å². The summed E-state index contributed by atoms with van der Waals surface area (Å²) >= 11 is 0. The second kappa shape index (κ2) is 18.7. The topological polar surface area (TPSA) is 57.4 Å². The minimum absolute atomic E-state index is 0.145. The largest absolute Gasteiger partial charge is 0.416 e. The summed E-state index contributed by atoms with van der Waals surface area (Å²) in [6.07, 6.45) is -4.75. The van der Waals surface area contributed by atoms with Crippen molar-refractivity contribution in [3.63, 3.8) is 0 Å². The molecule has 2 heterocycles. The van der Waals surface area contributed by atoms with Crippen molar-refractivity contribution in [2.75, 3.05) is 0 Å². The molecule has 4 nitrogen and oxygen atoms in total. The van der Waals surface area contributed by atoms with Gasteiger partial charge in [0.25, 0.3) is 0 Å². The first-order chi connectivity index (χ1) is 37.5. The fraction of sp³-hybridized carbons (Fsp3) is 0.127. The highest BCUT2D eigenvalue weighted by Gasteiger charge is 2.33. The number of alkyl halides is 3. The Balaban J connectivity index is 1.21. The molecule has 0 saturated heterocycles. The second-order valence-corrected chi connectivity index (χ2v) is 21.2. The fourth-order valence-corrected chi connectivity index (χ4v) is 12.1. The van der Waals surface area contributed by atoms with Crippen molar-refractivity contribution < 1.29 is 13.2 Å². The lowest BCUT2D eigenvalue weighted by molar-refractivity contribution is -0.137. The molecule has 0 aliphatic heterocycles. The Kier molecular flexibility index (Phi) is 11.8. The van der Waals surface area contributed by atoms with Gasteiger partial charge in [-0.05, 0) is 201 Å². The van der Waals surface area contributed by atoms with Crippen LogP contribution in [0.15, 0.2) is 176 Å². The molecule has 0 fully saturated rings. The van der Waals surface area contributed by atoms with Gasteiger partial charge < -0.3 is 9.13 Å². The number of aromatic nitrogens is 2. The minimum Gasteiger partial charge on any atom is -0.308 e. The number of benzene rings is 10. The van der Waals surface area contributed by atoms with Crippen LogP contribution in [0.4, 0.5) is 13.2 Å². The second-order valence-electron chi connectivity index (χ2n) is 21.2. The number of rotatable bonds is 7. The summed E-state index contributed by atoms with van der Waals surface area (Å²) in [6, 6.07) is 63.2. The summed E-state index contributed by atoms with van der Waals surface area (Å²) in [7, 11) is 0. The predicted octanol–water partition coefficient (Wildman–Crippen LogP) is 19.4. The van der Waals surface area contributed by atoms with Crippen molar-refractivity contribution in [3.8, 4) is 79.1 Å². The number of hydrogen-bond donors (Lipinski definition) is 0. The molecule has 0 atom stereocenters. The van der Waals surface area contributed by atoms with Gasteiger partial charge in [-0.3, -0.25) is 0 Å². The van der Waals surface area contributed by atoms with Crippen molar-refractivity contribution in [1.29, 1.82) is 10.5 Å². The Morgan fingerprint density at radius 2 is 0.705 bits per heavy atom. The van der Waals surface area contributed by atoms with E-state index in [4.69, 9.17) is 0 Å². The number of nitriles is 2. The van der Waals surface area contributed by atoms with Gasteiger partial charge in [0.2, 0.25) is 0 Å². The van der Waals surface area contributed by atoms with Crippen molar-refractivity contribution in [2.45, 2.75) is 61.6 Å². The van der Waals surface area contributed by atoms with Gasteiger partial charge in [-0.25, -0.2) is 0 Å². The molecule has 7 heteroatoms. The number of aryl methyl sites for hydroxylation is 8. The van der Waals surface area contributed by atoms with Gasteiger partial charge in [0.15, 0.2) is 0 Å². The summed E-state index contributed by atoms with van der Waals surface area (Å²) in [5.74, 6) is 0. The molecule has 0 spiro atoms. The molecule has 0 amide bonds. The van der Waals surface area contributed by atoms with E-state index in [9.17, 15) is 23.7 Å². The molecular weight excluding hydrogens is 966 g/mol. The maximum atomic E-state index is 14.9. The first kappa shape index (κ1) is 49.4. The summed E-state index contributed by atoms with van der Waals surface area (Å²) in [5.41, 5.74) is 21.6. The average Bonchev–Trinajstić information content (AvgIpc) is 4.09. The monoisotopic (exact) mass is 1020 g/mol. The molecule has 12 rings (SSSR count). The molecule has 12 aromatic rings. The smallest absolute Gasteiger partial charge is 0.308 e. The zero-order chi connectivity index (χ0) is 54.5. The summed E-state index contributed by atoms with van der Waals surface area (Å²) < 4.78 is 48.9. The molecule has 378 valence electrons. The Bertz CT molecular complexity index is 4390. The van der Waals surface area contributed by atoms with Crippen LogP contribution >= 0.6 is 0 Å². The molecule has 0 unspecified atom stereocenters. The lowest BCUT2D eigenvalue weighted by Gasteiger charge is -2.21. The Morgan fingerprint density at radius 1 is 0.346 bits per heavy atom. The summed E-state index contributed by atoms with van der Waals surface area (Å²) in [4.78, 5) is 0. The maximum absolute atomic E-state index is 14.9. The van der Waals surface area contributed by atoms with E-state index in [1.54, 1.807) is 0 Å². The SMILES string of the molecule is Cc1ccc(-c2ccc3c(c2)c2cc(-c4ccc(C)cc4C)ccc2n3-c2ccc(-c3cc(C#N)cc(C(F)(F)F)c3)c(-n3c4ccc(-c5ccc(C)cc5C)cc4c4cc(-c5ccc(C)cc5C)ccc43)c2C#N)c(C)c1. The highest BCUT2D eigenvalue weighted by Crippen LogP contribution is 2.46. The number of fused-ring (bicyclic) bond motifs is 6. The van der Waals surface area contributed by atoms with Crippen LogP contribution in [0.25, 0.3) is 111 Å². The van der Waals surface area contributed by atoms with Crippen LogP contribution in [0.1, 0.15) is 61.2 Å². The molecule has 0 aliphatic rings. The van der Waals surface area contributed by atoms with Crippen molar-refractivity contribution in [2.24, 2.45) is 0 Å². The molecule has 0 aliphatic carbocycles. The van der Waals surface area contributed by atoms with E-state index in [2.05, 4.69) is 216 Å². The fourth-order valence-electron chi connectivity index (χ4n) is 12.1. The maximum Gasteiger partial charge on any atom is 0.416 e. The first-order valence-electron chi connectivity index (χ1n) is 26.2. The summed E-state index contributed by atoms with van der Waals surface area (Å²) in [5, 5.41) is 26.1. The Morgan fingerprint density at radius 3 is 1.04 bits per heavy atom. The zero-order valence-electron chi connectivity index (χ0n) is 44.7. The minimum atomic E-state index is -4.75. The third kappa shape index (κ3) is 8.31. The standard InChI is InChI=1S/C71H53F3N4/c1-40-9-17-55(44(5)27-40)49-13-22-65-60(34-49)61-35-50(56-18-10-41(2)28-45(56)6)14-23-66(61)77(65)69-26-21-59(53-31-48(38-75)32-54(33-53)71(72,73)74)70(64(69)39-76)78-67-24-15-51(57-19-11-42(3)29-46(57)7)36-62(67)63-37-52(16-25-68(63)78)58-20-12-43(4)30-47(58)8/h9-37H,1-8H3. The molecule has 2 aromatic heterocycles. The number of hydrogen-bond acceptors (Lipinski definition) is 2. The van der Waals surface area contributed by atoms with E-state index in [-0.39, 0.29) is 16.7 Å². The average molecular weight is 1020 g/mol. The van der Waals surface area contributed by atoms with Gasteiger partial charge in [-0.1, -0.05) is 125 Å². The van der Waals surface area contributed by atoms with Crippen molar-refractivity contribution in [1.82, 2.24) is 9.13 Å². The molecule has 10 aromatic carbocycles. The van der Waals surface area contributed by atoms with Crippen LogP contribution in [0.2, 0.25) is 0 Å². The quantitative estimate of drug-likeness (QED) is 0.160. The molecule has 0 saturated carbocycles. The Hall–Kier alpha value is -9.43. The van der Waals surface area contributed by atoms with E-state index in [1.165, 1.54) is 17.2 Å². The molecule has 0 radical (unpaired) electrons. The lowest BCUT2D eigenvalue weighted by atomic mass is 9.94.